The van der Waals surface area contributed by atoms with E-state index in [0.717, 1.165) is 17.9 Å². The maximum absolute atomic E-state index is 5.50. The predicted molar refractivity (Wildman–Crippen MR) is 63.7 cm³/mol. The highest BCUT2D eigenvalue weighted by Gasteiger charge is 2.27. The summed E-state index contributed by atoms with van der Waals surface area (Å²) >= 11 is 0. The van der Waals surface area contributed by atoms with E-state index >= 15 is 0 Å². The number of hydrogen-bond acceptors (Lipinski definition) is 4. The molecule has 0 aliphatic carbocycles. The molecular weight excluding hydrogens is 220 g/mol. The van der Waals surface area contributed by atoms with Gasteiger partial charge in [-0.05, 0) is 17.7 Å². The van der Waals surface area contributed by atoms with Gasteiger partial charge in [0.05, 0.1) is 20.8 Å². The molecule has 0 unspecified atom stereocenters. The van der Waals surface area contributed by atoms with Gasteiger partial charge in [-0.2, -0.15) is 0 Å². The molecule has 1 fully saturated rings. The van der Waals surface area contributed by atoms with Crippen molar-refractivity contribution in [3.05, 3.63) is 23.8 Å². The van der Waals surface area contributed by atoms with Crippen molar-refractivity contribution in [2.75, 3.05) is 27.9 Å². The van der Waals surface area contributed by atoms with Crippen molar-refractivity contribution in [3.8, 4) is 11.5 Å². The Labute approximate surface area is 101 Å². The first-order chi connectivity index (χ1) is 8.28. The molecular formula is C13H18O4. The van der Waals surface area contributed by atoms with E-state index in [4.69, 9.17) is 18.9 Å². The summed E-state index contributed by atoms with van der Waals surface area (Å²) in [4.78, 5) is 0. The monoisotopic (exact) mass is 238 g/mol. The molecule has 0 radical (unpaired) electrons. The molecule has 0 amide bonds. The van der Waals surface area contributed by atoms with E-state index in [2.05, 4.69) is 0 Å². The first-order valence-corrected chi connectivity index (χ1v) is 5.64. The molecule has 1 saturated heterocycles. The van der Waals surface area contributed by atoms with Gasteiger partial charge >= 0.3 is 0 Å². The summed E-state index contributed by atoms with van der Waals surface area (Å²) in [6.07, 6.45) is 0.791. The molecule has 0 N–H and O–H groups in total. The number of benzene rings is 1. The van der Waals surface area contributed by atoms with Crippen LogP contribution in [0.25, 0.3) is 0 Å². The molecule has 2 atom stereocenters. The fraction of sp³-hybridized carbons (Fsp3) is 0.538. The predicted octanol–water partition coefficient (Wildman–Crippen LogP) is 2.18. The van der Waals surface area contributed by atoms with Crippen molar-refractivity contribution in [1.29, 1.82) is 0 Å². The molecule has 4 nitrogen and oxygen atoms in total. The lowest BCUT2D eigenvalue weighted by molar-refractivity contribution is -0.0880. The highest BCUT2D eigenvalue weighted by Crippen LogP contribution is 2.35. The average molecular weight is 238 g/mol. The maximum atomic E-state index is 5.50. The molecule has 1 heterocycles. The van der Waals surface area contributed by atoms with Crippen molar-refractivity contribution in [2.24, 2.45) is 0 Å². The third-order valence-corrected chi connectivity index (χ3v) is 3.10. The largest absolute Gasteiger partial charge is 0.493 e. The van der Waals surface area contributed by atoms with Crippen molar-refractivity contribution in [3.63, 3.8) is 0 Å². The van der Waals surface area contributed by atoms with Crippen LogP contribution >= 0.6 is 0 Å². The van der Waals surface area contributed by atoms with E-state index in [1.54, 1.807) is 21.3 Å². The van der Waals surface area contributed by atoms with E-state index in [1.807, 2.05) is 18.2 Å². The molecule has 1 aliphatic rings. The van der Waals surface area contributed by atoms with Crippen LogP contribution in [0.4, 0.5) is 0 Å². The Morgan fingerprint density at radius 2 is 1.88 bits per heavy atom. The molecule has 1 aromatic rings. The normalized spacial score (nSPS) is 23.7. The Balaban J connectivity index is 2.16. The molecule has 0 spiro atoms. The van der Waals surface area contributed by atoms with Gasteiger partial charge in [-0.3, -0.25) is 0 Å². The third-order valence-electron chi connectivity index (χ3n) is 3.10. The second-order valence-electron chi connectivity index (χ2n) is 4.05. The van der Waals surface area contributed by atoms with Crippen LogP contribution in [-0.4, -0.2) is 34.2 Å². The average Bonchev–Trinajstić information content (AvgIpc) is 2.86. The summed E-state index contributed by atoms with van der Waals surface area (Å²) in [5.41, 5.74) is 1.20. The van der Waals surface area contributed by atoms with Crippen LogP contribution in [-0.2, 0) is 9.47 Å². The van der Waals surface area contributed by atoms with Gasteiger partial charge in [-0.15, -0.1) is 0 Å². The Morgan fingerprint density at radius 3 is 2.47 bits per heavy atom. The summed E-state index contributed by atoms with van der Waals surface area (Å²) in [5.74, 6) is 1.86. The highest BCUT2D eigenvalue weighted by atomic mass is 16.7. The summed E-state index contributed by atoms with van der Waals surface area (Å²) in [6, 6.07) is 5.98. The van der Waals surface area contributed by atoms with Gasteiger partial charge in [0.25, 0.3) is 0 Å². The van der Waals surface area contributed by atoms with Crippen LogP contribution in [0.3, 0.4) is 0 Å². The van der Waals surface area contributed by atoms with Gasteiger partial charge < -0.3 is 18.9 Å². The zero-order valence-corrected chi connectivity index (χ0v) is 10.4. The Morgan fingerprint density at radius 1 is 1.12 bits per heavy atom. The standard InChI is InChI=1S/C13H18O4/c1-14-11-5-4-9(6-12(11)15-2)10-7-13(16-3)17-8-10/h4-6,10,13H,7-8H2,1-3H3/t10-,13+/m0/s1. The third kappa shape index (κ3) is 2.53. The number of rotatable bonds is 4. The van der Waals surface area contributed by atoms with Gasteiger partial charge in [0.15, 0.2) is 17.8 Å². The number of hydrogen-bond donors (Lipinski definition) is 0. The zero-order chi connectivity index (χ0) is 12.3. The van der Waals surface area contributed by atoms with Crippen molar-refractivity contribution >= 4 is 0 Å². The van der Waals surface area contributed by atoms with E-state index < -0.39 is 0 Å². The first kappa shape index (κ1) is 12.2. The molecule has 0 aromatic heterocycles. The summed E-state index contributed by atoms with van der Waals surface area (Å²) in [6.45, 7) is 0.688. The van der Waals surface area contributed by atoms with Gasteiger partial charge in [-0.25, -0.2) is 0 Å². The summed E-state index contributed by atoms with van der Waals surface area (Å²) in [5, 5.41) is 0. The molecule has 17 heavy (non-hydrogen) atoms. The molecule has 94 valence electrons. The van der Waals surface area contributed by atoms with Crippen LogP contribution in [0.15, 0.2) is 18.2 Å². The quantitative estimate of drug-likeness (QED) is 0.805. The van der Waals surface area contributed by atoms with Crippen molar-refractivity contribution in [1.82, 2.24) is 0 Å². The highest BCUT2D eigenvalue weighted by molar-refractivity contribution is 5.44. The van der Waals surface area contributed by atoms with Crippen molar-refractivity contribution in [2.45, 2.75) is 18.6 Å². The second-order valence-corrected chi connectivity index (χ2v) is 4.05. The minimum atomic E-state index is -0.0897. The first-order valence-electron chi connectivity index (χ1n) is 5.64. The van der Waals surface area contributed by atoms with Crippen LogP contribution in [0, 0.1) is 0 Å². The zero-order valence-electron chi connectivity index (χ0n) is 10.4. The van der Waals surface area contributed by atoms with Gasteiger partial charge in [0.2, 0.25) is 0 Å². The Hall–Kier alpha value is -1.26. The van der Waals surface area contributed by atoms with Gasteiger partial charge in [-0.1, -0.05) is 6.07 Å². The fourth-order valence-corrected chi connectivity index (χ4v) is 2.10. The lowest BCUT2D eigenvalue weighted by Crippen LogP contribution is -2.06. The molecule has 4 heteroatoms. The van der Waals surface area contributed by atoms with Gasteiger partial charge in [0, 0.05) is 19.4 Å². The molecule has 2 rings (SSSR count). The van der Waals surface area contributed by atoms with Gasteiger partial charge in [0.1, 0.15) is 0 Å². The van der Waals surface area contributed by atoms with Crippen molar-refractivity contribution < 1.29 is 18.9 Å². The minimum Gasteiger partial charge on any atom is -0.493 e. The van der Waals surface area contributed by atoms with Crippen LogP contribution in [0.2, 0.25) is 0 Å². The van der Waals surface area contributed by atoms with Crippen LogP contribution in [0.5, 0.6) is 11.5 Å². The van der Waals surface area contributed by atoms with Crippen LogP contribution in [0.1, 0.15) is 17.9 Å². The lowest BCUT2D eigenvalue weighted by atomic mass is 9.98. The second kappa shape index (κ2) is 5.38. The van der Waals surface area contributed by atoms with E-state index in [9.17, 15) is 0 Å². The SMILES string of the molecule is COc1ccc([C@@H]2CO[C@@H](OC)C2)cc1OC. The molecule has 0 bridgehead atoms. The maximum Gasteiger partial charge on any atom is 0.160 e. The number of ether oxygens (including phenoxy) is 4. The summed E-state index contributed by atoms with van der Waals surface area (Å²) in [7, 11) is 4.95. The van der Waals surface area contributed by atoms with E-state index in [-0.39, 0.29) is 6.29 Å². The molecule has 1 aliphatic heterocycles. The summed E-state index contributed by atoms with van der Waals surface area (Å²) < 4.78 is 21.2. The van der Waals surface area contributed by atoms with E-state index in [1.165, 1.54) is 5.56 Å². The Kier molecular flexibility index (Phi) is 3.86. The molecule has 1 aromatic carbocycles. The molecule has 0 saturated carbocycles. The smallest absolute Gasteiger partial charge is 0.160 e. The Bertz CT molecular complexity index is 378. The fourth-order valence-electron chi connectivity index (χ4n) is 2.10. The lowest BCUT2D eigenvalue weighted by Gasteiger charge is -2.12. The van der Waals surface area contributed by atoms with E-state index in [0.29, 0.717) is 12.5 Å². The topological polar surface area (TPSA) is 36.9 Å². The minimum absolute atomic E-state index is 0.0897. The van der Waals surface area contributed by atoms with Crippen LogP contribution < -0.4 is 9.47 Å². The number of methoxy groups -OCH3 is 3.